The number of carbonyl (C=O) groups excluding carboxylic acids is 1. The molecule has 2 atom stereocenters. The van der Waals surface area contributed by atoms with Gasteiger partial charge in [-0.2, -0.15) is 0 Å². The molecule has 0 spiro atoms. The maximum absolute atomic E-state index is 11.7. The van der Waals surface area contributed by atoms with Crippen LogP contribution in [0.15, 0.2) is 0 Å². The van der Waals surface area contributed by atoms with Gasteiger partial charge in [0.25, 0.3) is 0 Å². The number of methoxy groups -OCH3 is 1. The number of amides is 1. The fourth-order valence-electron chi connectivity index (χ4n) is 1.03. The largest absolute Gasteiger partial charge is 0.392 e. The van der Waals surface area contributed by atoms with Crippen molar-refractivity contribution in [3.05, 3.63) is 0 Å². The second-order valence-corrected chi connectivity index (χ2v) is 4.14. The number of thiocarbonyl (C=S) groups is 1. The summed E-state index contributed by atoms with van der Waals surface area (Å²) in [5.74, 6) is 0.0409. The molecule has 0 aliphatic rings. The van der Waals surface area contributed by atoms with Gasteiger partial charge in [-0.25, -0.2) is 0 Å². The second kappa shape index (κ2) is 6.74. The lowest BCUT2D eigenvalue weighted by Gasteiger charge is -2.24. The lowest BCUT2D eigenvalue weighted by atomic mass is 10.2. The first-order chi connectivity index (χ1) is 6.90. The lowest BCUT2D eigenvalue weighted by Crippen LogP contribution is -2.42. The Bertz CT molecular complexity index is 233. The first-order valence-corrected chi connectivity index (χ1v) is 5.38. The Labute approximate surface area is 96.8 Å². The van der Waals surface area contributed by atoms with Crippen molar-refractivity contribution in [2.45, 2.75) is 38.8 Å². The molecule has 0 aromatic heterocycles. The van der Waals surface area contributed by atoms with Crippen LogP contribution in [0.2, 0.25) is 0 Å². The van der Waals surface area contributed by atoms with Gasteiger partial charge in [-0.1, -0.05) is 12.2 Å². The van der Waals surface area contributed by atoms with E-state index >= 15 is 0 Å². The van der Waals surface area contributed by atoms with Crippen molar-refractivity contribution >= 4 is 23.1 Å². The average Bonchev–Trinajstić information content (AvgIpc) is 2.22. The van der Waals surface area contributed by atoms with E-state index in [4.69, 9.17) is 22.7 Å². The summed E-state index contributed by atoms with van der Waals surface area (Å²) in [6.07, 6.45) is 1.27. The molecule has 0 heterocycles. The van der Waals surface area contributed by atoms with Gasteiger partial charge in [-0.3, -0.25) is 4.79 Å². The topological polar surface area (TPSA) is 55.6 Å². The second-order valence-electron chi connectivity index (χ2n) is 3.67. The highest BCUT2D eigenvalue weighted by atomic mass is 32.1. The van der Waals surface area contributed by atoms with Crippen LogP contribution >= 0.6 is 12.2 Å². The number of nitrogens with two attached hydrogens (primary N) is 1. The molecular weight excluding hydrogens is 212 g/mol. The Morgan fingerprint density at radius 3 is 2.47 bits per heavy atom. The summed E-state index contributed by atoms with van der Waals surface area (Å²) >= 11 is 4.83. The monoisotopic (exact) mass is 232 g/mol. The number of likely N-dealkylation sites (N-methyl/N-ethyl adjacent to an activating group) is 1. The Balaban J connectivity index is 4.05. The van der Waals surface area contributed by atoms with Crippen LogP contribution in [0.4, 0.5) is 0 Å². The molecule has 1 amide bonds. The maximum atomic E-state index is 11.7. The molecule has 0 rings (SSSR count). The molecule has 0 saturated carbocycles. The van der Waals surface area contributed by atoms with E-state index in [2.05, 4.69) is 0 Å². The Kier molecular flexibility index (Phi) is 6.43. The van der Waals surface area contributed by atoms with Crippen molar-refractivity contribution in [1.29, 1.82) is 0 Å². The number of ether oxygens (including phenoxy) is 1. The summed E-state index contributed by atoms with van der Waals surface area (Å²) in [7, 11) is 3.35. The van der Waals surface area contributed by atoms with Gasteiger partial charge in [-0.05, 0) is 20.3 Å². The van der Waals surface area contributed by atoms with Crippen LogP contribution in [-0.4, -0.2) is 42.1 Å². The van der Waals surface area contributed by atoms with E-state index in [0.29, 0.717) is 17.8 Å². The van der Waals surface area contributed by atoms with Gasteiger partial charge in [0.15, 0.2) is 0 Å². The summed E-state index contributed by atoms with van der Waals surface area (Å²) < 4.78 is 5.07. The minimum absolute atomic E-state index is 0.0409. The minimum Gasteiger partial charge on any atom is -0.392 e. The fraction of sp³-hybridized carbons (Fsp3) is 0.800. The number of hydrogen-bond acceptors (Lipinski definition) is 3. The molecular formula is C10H20N2O2S. The van der Waals surface area contributed by atoms with Crippen LogP contribution in [0, 0.1) is 0 Å². The first-order valence-electron chi connectivity index (χ1n) is 4.98. The quantitative estimate of drug-likeness (QED) is 0.692. The smallest absolute Gasteiger partial charge is 0.222 e. The van der Waals surface area contributed by atoms with Crippen LogP contribution in [0.25, 0.3) is 0 Å². The van der Waals surface area contributed by atoms with Gasteiger partial charge < -0.3 is 15.4 Å². The predicted molar refractivity (Wildman–Crippen MR) is 64.7 cm³/mol. The Morgan fingerprint density at radius 1 is 1.53 bits per heavy atom. The molecule has 15 heavy (non-hydrogen) atoms. The Hall–Kier alpha value is -0.680. The highest BCUT2D eigenvalue weighted by molar-refractivity contribution is 7.80. The molecule has 4 nitrogen and oxygen atoms in total. The van der Waals surface area contributed by atoms with E-state index in [1.807, 2.05) is 13.8 Å². The van der Waals surface area contributed by atoms with Crippen LogP contribution in [0.3, 0.4) is 0 Å². The van der Waals surface area contributed by atoms with Crippen molar-refractivity contribution in [2.24, 2.45) is 5.73 Å². The molecule has 0 fully saturated rings. The summed E-state index contributed by atoms with van der Waals surface area (Å²) in [5.41, 5.74) is 5.47. The third-order valence-electron chi connectivity index (χ3n) is 2.55. The standard InChI is InChI=1S/C10H20N2O2S/c1-7(14-4)5-6-9(13)12(3)8(2)10(11)15/h7-8H,5-6H2,1-4H3,(H2,11,15). The number of carbonyl (C=O) groups is 1. The van der Waals surface area contributed by atoms with Crippen LogP contribution in [-0.2, 0) is 9.53 Å². The van der Waals surface area contributed by atoms with E-state index in [0.717, 1.165) is 0 Å². The molecule has 0 aliphatic carbocycles. The van der Waals surface area contributed by atoms with Gasteiger partial charge in [-0.15, -0.1) is 0 Å². The zero-order chi connectivity index (χ0) is 12.0. The van der Waals surface area contributed by atoms with Crippen LogP contribution in [0.1, 0.15) is 26.7 Å². The molecule has 2 unspecified atom stereocenters. The summed E-state index contributed by atoms with van der Waals surface area (Å²) in [4.78, 5) is 13.6. The van der Waals surface area contributed by atoms with Gasteiger partial charge in [0.1, 0.15) is 0 Å². The maximum Gasteiger partial charge on any atom is 0.222 e. The molecule has 0 bridgehead atoms. The van der Waals surface area contributed by atoms with Gasteiger partial charge in [0, 0.05) is 20.6 Å². The Morgan fingerprint density at radius 2 is 2.07 bits per heavy atom. The molecule has 0 aliphatic heterocycles. The zero-order valence-corrected chi connectivity index (χ0v) is 10.6. The molecule has 5 heteroatoms. The van der Waals surface area contributed by atoms with E-state index in [1.165, 1.54) is 0 Å². The number of hydrogen-bond donors (Lipinski definition) is 1. The van der Waals surface area contributed by atoms with E-state index in [9.17, 15) is 4.79 Å². The number of nitrogens with zero attached hydrogens (tertiary/aromatic N) is 1. The highest BCUT2D eigenvalue weighted by Gasteiger charge is 2.17. The van der Waals surface area contributed by atoms with Crippen molar-refractivity contribution in [3.8, 4) is 0 Å². The molecule has 88 valence electrons. The van der Waals surface area contributed by atoms with Crippen LogP contribution < -0.4 is 5.73 Å². The highest BCUT2D eigenvalue weighted by Crippen LogP contribution is 2.05. The number of rotatable bonds is 6. The molecule has 0 aromatic rings. The van der Waals surface area contributed by atoms with Crippen molar-refractivity contribution in [1.82, 2.24) is 4.90 Å². The normalized spacial score (nSPS) is 14.4. The summed E-state index contributed by atoms with van der Waals surface area (Å²) in [6, 6.07) is -0.189. The predicted octanol–water partition coefficient (Wildman–Crippen LogP) is 0.934. The summed E-state index contributed by atoms with van der Waals surface area (Å²) in [6.45, 7) is 3.75. The third-order valence-corrected chi connectivity index (χ3v) is 2.89. The van der Waals surface area contributed by atoms with E-state index in [1.54, 1.807) is 19.1 Å². The van der Waals surface area contributed by atoms with E-state index < -0.39 is 0 Å². The van der Waals surface area contributed by atoms with Crippen LogP contribution in [0.5, 0.6) is 0 Å². The van der Waals surface area contributed by atoms with Gasteiger partial charge in [0.2, 0.25) is 5.91 Å². The lowest BCUT2D eigenvalue weighted by molar-refractivity contribution is -0.131. The van der Waals surface area contributed by atoms with Crippen molar-refractivity contribution in [2.75, 3.05) is 14.2 Å². The van der Waals surface area contributed by atoms with Crippen molar-refractivity contribution in [3.63, 3.8) is 0 Å². The summed E-state index contributed by atoms with van der Waals surface area (Å²) in [5, 5.41) is 0. The zero-order valence-electron chi connectivity index (χ0n) is 9.82. The average molecular weight is 232 g/mol. The van der Waals surface area contributed by atoms with E-state index in [-0.39, 0.29) is 18.1 Å². The van der Waals surface area contributed by atoms with Gasteiger partial charge in [0.05, 0.1) is 17.1 Å². The fourth-order valence-corrected chi connectivity index (χ4v) is 1.19. The molecule has 2 N–H and O–H groups in total. The third kappa shape index (κ3) is 5.09. The minimum atomic E-state index is -0.189. The van der Waals surface area contributed by atoms with Crippen molar-refractivity contribution < 1.29 is 9.53 Å². The SMILES string of the molecule is COC(C)CCC(=O)N(C)C(C)C(N)=S. The molecule has 0 saturated heterocycles. The molecule has 0 radical (unpaired) electrons. The molecule has 0 aromatic carbocycles. The first kappa shape index (κ1) is 14.3. The van der Waals surface area contributed by atoms with Gasteiger partial charge >= 0.3 is 0 Å².